The Hall–Kier alpha value is -2.96. The molecule has 7 heteroatoms. The Morgan fingerprint density at radius 1 is 1.10 bits per heavy atom. The number of nitrogens with one attached hydrogen (secondary N) is 2. The number of anilines is 1. The lowest BCUT2D eigenvalue weighted by Gasteiger charge is -2.18. The van der Waals surface area contributed by atoms with Crippen LogP contribution < -0.4 is 10.9 Å². The first-order valence-corrected chi connectivity index (χ1v) is 6.36. The maximum Gasteiger partial charge on any atom is 0.275 e. The van der Waals surface area contributed by atoms with Crippen LogP contribution in [-0.2, 0) is 11.3 Å². The molecule has 106 valence electrons. The van der Waals surface area contributed by atoms with Crippen LogP contribution in [0.25, 0.3) is 0 Å². The van der Waals surface area contributed by atoms with E-state index >= 15 is 0 Å². The highest BCUT2D eigenvalue weighted by atomic mass is 16.2. The highest BCUT2D eigenvalue weighted by Gasteiger charge is 2.24. The summed E-state index contributed by atoms with van der Waals surface area (Å²) in [6.07, 6.45) is 0. The number of amides is 2. The van der Waals surface area contributed by atoms with Gasteiger partial charge in [0, 0.05) is 18.3 Å². The first-order chi connectivity index (χ1) is 10.1. The number of hydrogen-bond acceptors (Lipinski definition) is 4. The molecule has 2 aromatic rings. The van der Waals surface area contributed by atoms with Gasteiger partial charge in [-0.3, -0.25) is 14.4 Å². The SMILES string of the molecule is O=C1CN(C(=O)c2ccc(=O)[nH]n2)Cc2ccccc2N1. The number of fused-ring (bicyclic) bond motifs is 1. The maximum atomic E-state index is 12.4. The van der Waals surface area contributed by atoms with Crippen molar-refractivity contribution >= 4 is 17.5 Å². The number of aromatic nitrogens is 2. The van der Waals surface area contributed by atoms with Crippen molar-refractivity contribution in [1.82, 2.24) is 15.1 Å². The van der Waals surface area contributed by atoms with Crippen molar-refractivity contribution in [3.8, 4) is 0 Å². The molecule has 0 radical (unpaired) electrons. The second-order valence-corrected chi connectivity index (χ2v) is 4.67. The van der Waals surface area contributed by atoms with Crippen molar-refractivity contribution in [2.45, 2.75) is 6.54 Å². The lowest BCUT2D eigenvalue weighted by Crippen LogP contribution is -2.36. The molecule has 0 aliphatic carbocycles. The number of carbonyl (C=O) groups excluding carboxylic acids is 2. The Kier molecular flexibility index (Phi) is 3.23. The van der Waals surface area contributed by atoms with Crippen molar-refractivity contribution in [3.05, 3.63) is 58.0 Å². The van der Waals surface area contributed by atoms with E-state index in [4.69, 9.17) is 0 Å². The monoisotopic (exact) mass is 284 g/mol. The van der Waals surface area contributed by atoms with E-state index < -0.39 is 5.91 Å². The first-order valence-electron chi connectivity index (χ1n) is 6.36. The molecular weight excluding hydrogens is 272 g/mol. The molecule has 0 fully saturated rings. The van der Waals surface area contributed by atoms with Gasteiger partial charge in [0.2, 0.25) is 5.91 Å². The molecule has 1 aromatic carbocycles. The van der Waals surface area contributed by atoms with E-state index in [2.05, 4.69) is 15.5 Å². The molecule has 0 saturated heterocycles. The largest absolute Gasteiger partial charge is 0.324 e. The van der Waals surface area contributed by atoms with E-state index in [0.717, 1.165) is 5.56 Å². The molecule has 2 amide bonds. The Balaban J connectivity index is 1.91. The number of aromatic amines is 1. The van der Waals surface area contributed by atoms with Crippen molar-refractivity contribution < 1.29 is 9.59 Å². The molecular formula is C14H12N4O3. The third-order valence-corrected chi connectivity index (χ3v) is 3.17. The summed E-state index contributed by atoms with van der Waals surface area (Å²) in [7, 11) is 0. The second-order valence-electron chi connectivity index (χ2n) is 4.67. The molecule has 0 unspecified atom stereocenters. The normalized spacial score (nSPS) is 14.1. The number of hydrogen-bond donors (Lipinski definition) is 2. The van der Waals surface area contributed by atoms with E-state index in [9.17, 15) is 14.4 Å². The lowest BCUT2D eigenvalue weighted by molar-refractivity contribution is -0.116. The Morgan fingerprint density at radius 2 is 1.90 bits per heavy atom. The van der Waals surface area contributed by atoms with E-state index in [1.165, 1.54) is 17.0 Å². The van der Waals surface area contributed by atoms with Crippen LogP contribution in [0.5, 0.6) is 0 Å². The zero-order valence-corrected chi connectivity index (χ0v) is 11.0. The molecule has 2 N–H and O–H groups in total. The number of para-hydroxylation sites is 1. The number of benzene rings is 1. The molecule has 0 spiro atoms. The molecule has 0 saturated carbocycles. The minimum atomic E-state index is -0.405. The number of rotatable bonds is 1. The Bertz CT molecular complexity index is 748. The summed E-state index contributed by atoms with van der Waals surface area (Å²) in [6, 6.07) is 9.88. The van der Waals surface area contributed by atoms with Crippen LogP contribution in [-0.4, -0.2) is 33.5 Å². The van der Waals surface area contributed by atoms with Gasteiger partial charge in [-0.2, -0.15) is 5.10 Å². The summed E-state index contributed by atoms with van der Waals surface area (Å²) in [4.78, 5) is 36.6. The summed E-state index contributed by atoms with van der Waals surface area (Å²) in [6.45, 7) is 0.239. The van der Waals surface area contributed by atoms with Crippen molar-refractivity contribution in [2.75, 3.05) is 11.9 Å². The van der Waals surface area contributed by atoms with Crippen LogP contribution in [0.2, 0.25) is 0 Å². The predicted molar refractivity (Wildman–Crippen MR) is 74.7 cm³/mol. The maximum absolute atomic E-state index is 12.4. The minimum Gasteiger partial charge on any atom is -0.324 e. The van der Waals surface area contributed by atoms with Crippen molar-refractivity contribution in [1.29, 1.82) is 0 Å². The number of nitrogens with zero attached hydrogens (tertiary/aromatic N) is 2. The number of carbonyl (C=O) groups is 2. The fraction of sp³-hybridized carbons (Fsp3) is 0.143. The standard InChI is InChI=1S/C14H12N4O3/c19-12-6-5-11(16-17-12)14(21)18-7-9-3-1-2-4-10(9)15-13(20)8-18/h1-6H,7-8H2,(H,15,20)(H,17,19). The molecule has 2 heterocycles. The van der Waals surface area contributed by atoms with Gasteiger partial charge in [0.05, 0.1) is 0 Å². The quantitative estimate of drug-likeness (QED) is 0.790. The van der Waals surface area contributed by atoms with Gasteiger partial charge in [0.15, 0.2) is 0 Å². The van der Waals surface area contributed by atoms with E-state index in [1.54, 1.807) is 6.07 Å². The Labute approximate surface area is 119 Å². The highest BCUT2D eigenvalue weighted by molar-refractivity contribution is 5.99. The van der Waals surface area contributed by atoms with Gasteiger partial charge >= 0.3 is 0 Å². The molecule has 0 atom stereocenters. The predicted octanol–water partition coefficient (Wildman–Crippen LogP) is 0.364. The molecule has 21 heavy (non-hydrogen) atoms. The summed E-state index contributed by atoms with van der Waals surface area (Å²) in [5.74, 6) is -0.671. The van der Waals surface area contributed by atoms with Gasteiger partial charge in [0.25, 0.3) is 11.5 Å². The van der Waals surface area contributed by atoms with Crippen molar-refractivity contribution in [2.24, 2.45) is 0 Å². The topological polar surface area (TPSA) is 95.2 Å². The van der Waals surface area contributed by atoms with Crippen LogP contribution in [0, 0.1) is 0 Å². The zero-order chi connectivity index (χ0) is 14.8. The third kappa shape index (κ3) is 2.66. The smallest absolute Gasteiger partial charge is 0.275 e. The fourth-order valence-corrected chi connectivity index (χ4v) is 2.17. The van der Waals surface area contributed by atoms with Gasteiger partial charge in [-0.15, -0.1) is 0 Å². The van der Waals surface area contributed by atoms with Gasteiger partial charge in [-0.05, 0) is 17.7 Å². The van der Waals surface area contributed by atoms with Crippen LogP contribution in [0.4, 0.5) is 5.69 Å². The van der Waals surface area contributed by atoms with Crippen LogP contribution in [0.1, 0.15) is 16.1 Å². The molecule has 3 rings (SSSR count). The van der Waals surface area contributed by atoms with Crippen LogP contribution in [0.3, 0.4) is 0 Å². The average molecular weight is 284 g/mol. The molecule has 1 aromatic heterocycles. The summed E-state index contributed by atoms with van der Waals surface area (Å²) in [5, 5.41) is 8.67. The second kappa shape index (κ2) is 5.20. The third-order valence-electron chi connectivity index (χ3n) is 3.17. The zero-order valence-electron chi connectivity index (χ0n) is 11.0. The van der Waals surface area contributed by atoms with Crippen LogP contribution >= 0.6 is 0 Å². The number of H-pyrrole nitrogens is 1. The summed E-state index contributed by atoms with van der Waals surface area (Å²) in [5.41, 5.74) is 1.26. The Morgan fingerprint density at radius 3 is 2.67 bits per heavy atom. The fourth-order valence-electron chi connectivity index (χ4n) is 2.17. The summed E-state index contributed by atoms with van der Waals surface area (Å²) < 4.78 is 0. The van der Waals surface area contributed by atoms with Crippen molar-refractivity contribution in [3.63, 3.8) is 0 Å². The molecule has 1 aliphatic rings. The molecule has 1 aliphatic heterocycles. The van der Waals surface area contributed by atoms with Gasteiger partial charge in [0.1, 0.15) is 12.2 Å². The highest BCUT2D eigenvalue weighted by Crippen LogP contribution is 2.20. The average Bonchev–Trinajstić information content (AvgIpc) is 2.65. The van der Waals surface area contributed by atoms with E-state index in [-0.39, 0.29) is 23.7 Å². The van der Waals surface area contributed by atoms with Gasteiger partial charge in [-0.1, -0.05) is 18.2 Å². The van der Waals surface area contributed by atoms with Crippen LogP contribution in [0.15, 0.2) is 41.2 Å². The first kappa shape index (κ1) is 13.0. The van der Waals surface area contributed by atoms with Gasteiger partial charge < -0.3 is 10.2 Å². The molecule has 0 bridgehead atoms. The minimum absolute atomic E-state index is 0.0612. The van der Waals surface area contributed by atoms with E-state index in [1.807, 2.05) is 18.2 Å². The van der Waals surface area contributed by atoms with Gasteiger partial charge in [-0.25, -0.2) is 5.10 Å². The van der Waals surface area contributed by atoms with E-state index in [0.29, 0.717) is 12.2 Å². The summed E-state index contributed by atoms with van der Waals surface area (Å²) >= 11 is 0. The molecule has 7 nitrogen and oxygen atoms in total. The lowest BCUT2D eigenvalue weighted by atomic mass is 10.1.